The standard InChI is InChI=1S/C22H21F4N3O4/c1-10-5-15(23)13(16(24)6-10)7-27-20(32)14-9-29-12-3-4-22(25,26)11(2)28(8-12)21(33)17(29)19(31)18(14)30/h5-6,9,11-12,31H,3-4,7-8H2,1-2H3,(H,27,32). The zero-order valence-corrected chi connectivity index (χ0v) is 17.8. The molecular weight excluding hydrogens is 446 g/mol. The summed E-state index contributed by atoms with van der Waals surface area (Å²) in [7, 11) is 0. The molecule has 1 fully saturated rings. The first-order valence-corrected chi connectivity index (χ1v) is 10.3. The van der Waals surface area contributed by atoms with E-state index in [2.05, 4.69) is 5.32 Å². The van der Waals surface area contributed by atoms with Crippen LogP contribution in [0.4, 0.5) is 17.6 Å². The number of aromatic nitrogens is 1. The first kappa shape index (κ1) is 22.8. The molecule has 2 aromatic rings. The van der Waals surface area contributed by atoms with E-state index in [-0.39, 0.29) is 13.0 Å². The molecule has 0 aliphatic carbocycles. The number of aromatic hydroxyl groups is 1. The molecule has 2 bridgehead atoms. The third-order valence-electron chi connectivity index (χ3n) is 6.32. The van der Waals surface area contributed by atoms with Gasteiger partial charge in [-0.1, -0.05) is 0 Å². The lowest BCUT2D eigenvalue weighted by atomic mass is 10.0. The number of nitrogens with zero attached hydrogens (tertiary/aromatic N) is 2. The lowest BCUT2D eigenvalue weighted by Gasteiger charge is -2.38. The van der Waals surface area contributed by atoms with E-state index in [9.17, 15) is 37.1 Å². The number of halogens is 4. The van der Waals surface area contributed by atoms with E-state index < -0.39 is 82.4 Å². The predicted molar refractivity (Wildman–Crippen MR) is 108 cm³/mol. The summed E-state index contributed by atoms with van der Waals surface area (Å²) >= 11 is 0. The number of alkyl halides is 2. The smallest absolute Gasteiger partial charge is 0.275 e. The number of hydrogen-bond acceptors (Lipinski definition) is 4. The maximum Gasteiger partial charge on any atom is 0.275 e. The fraction of sp³-hybridized carbons (Fsp3) is 0.409. The van der Waals surface area contributed by atoms with Crippen LogP contribution < -0.4 is 10.7 Å². The van der Waals surface area contributed by atoms with Crippen molar-refractivity contribution in [3.63, 3.8) is 0 Å². The Labute approximate surface area is 185 Å². The SMILES string of the molecule is Cc1cc(F)c(CNC(=O)c2cn3c(c(O)c2=O)C(=O)N2CC3CCC(F)(F)C2C)c(F)c1. The van der Waals surface area contributed by atoms with Crippen LogP contribution in [-0.2, 0) is 6.54 Å². The van der Waals surface area contributed by atoms with Gasteiger partial charge in [-0.3, -0.25) is 14.4 Å². The van der Waals surface area contributed by atoms with Gasteiger partial charge in [0.1, 0.15) is 17.2 Å². The second kappa shape index (κ2) is 7.89. The molecule has 11 heteroatoms. The van der Waals surface area contributed by atoms with Crippen molar-refractivity contribution in [1.29, 1.82) is 0 Å². The minimum Gasteiger partial charge on any atom is -0.503 e. The van der Waals surface area contributed by atoms with Crippen molar-refractivity contribution >= 4 is 11.8 Å². The van der Waals surface area contributed by atoms with Gasteiger partial charge in [0.15, 0.2) is 11.4 Å². The van der Waals surface area contributed by atoms with Crippen LogP contribution in [0.5, 0.6) is 5.75 Å². The summed E-state index contributed by atoms with van der Waals surface area (Å²) in [4.78, 5) is 39.0. The molecule has 0 spiro atoms. The van der Waals surface area contributed by atoms with Crippen LogP contribution in [0.1, 0.15) is 57.8 Å². The monoisotopic (exact) mass is 467 g/mol. The van der Waals surface area contributed by atoms with E-state index in [1.54, 1.807) is 0 Å². The molecule has 4 rings (SSSR count). The number of carbonyl (C=O) groups excluding carboxylic acids is 2. The molecule has 2 unspecified atom stereocenters. The average Bonchev–Trinajstić information content (AvgIpc) is 2.83. The molecule has 0 radical (unpaired) electrons. The third kappa shape index (κ3) is 3.75. The van der Waals surface area contributed by atoms with Crippen LogP contribution >= 0.6 is 0 Å². The molecule has 3 heterocycles. The number of benzene rings is 1. The maximum absolute atomic E-state index is 14.4. The van der Waals surface area contributed by atoms with Crippen molar-refractivity contribution in [2.75, 3.05) is 6.54 Å². The Bertz CT molecular complexity index is 1200. The van der Waals surface area contributed by atoms with Gasteiger partial charge in [0.05, 0.1) is 12.1 Å². The third-order valence-corrected chi connectivity index (χ3v) is 6.32. The van der Waals surface area contributed by atoms with Gasteiger partial charge in [-0.25, -0.2) is 17.6 Å². The average molecular weight is 467 g/mol. The number of carbonyl (C=O) groups is 2. The van der Waals surface area contributed by atoms with Gasteiger partial charge in [-0.05, 0) is 38.0 Å². The molecule has 2 atom stereocenters. The lowest BCUT2D eigenvalue weighted by molar-refractivity contribution is -0.0640. The minimum atomic E-state index is -3.16. The molecule has 0 saturated carbocycles. The number of fused-ring (bicyclic) bond motifs is 4. The Hall–Kier alpha value is -3.37. The van der Waals surface area contributed by atoms with E-state index in [0.29, 0.717) is 5.56 Å². The Morgan fingerprint density at radius 3 is 2.52 bits per heavy atom. The Kier molecular flexibility index (Phi) is 5.45. The summed E-state index contributed by atoms with van der Waals surface area (Å²) in [6.45, 7) is 2.05. The largest absolute Gasteiger partial charge is 0.503 e. The van der Waals surface area contributed by atoms with Gasteiger partial charge < -0.3 is 19.9 Å². The number of aryl methyl sites for hydroxylation is 1. The first-order valence-electron chi connectivity index (χ1n) is 10.3. The molecule has 2 aliphatic rings. The molecule has 7 nitrogen and oxygen atoms in total. The van der Waals surface area contributed by atoms with Gasteiger partial charge >= 0.3 is 0 Å². The van der Waals surface area contributed by atoms with Crippen LogP contribution in [0.25, 0.3) is 0 Å². The fourth-order valence-electron chi connectivity index (χ4n) is 4.34. The van der Waals surface area contributed by atoms with Crippen molar-refractivity contribution in [2.24, 2.45) is 0 Å². The van der Waals surface area contributed by atoms with Crippen molar-refractivity contribution < 1.29 is 32.3 Å². The zero-order chi connectivity index (χ0) is 24.2. The van der Waals surface area contributed by atoms with Crippen molar-refractivity contribution in [1.82, 2.24) is 14.8 Å². The number of amides is 2. The number of nitrogens with one attached hydrogen (secondary N) is 1. The van der Waals surface area contributed by atoms with E-state index in [1.165, 1.54) is 18.4 Å². The minimum absolute atomic E-state index is 0.0583. The van der Waals surface area contributed by atoms with Gasteiger partial charge in [0.2, 0.25) is 5.43 Å². The second-order valence-electron chi connectivity index (χ2n) is 8.45. The van der Waals surface area contributed by atoms with Gasteiger partial charge in [0, 0.05) is 31.3 Å². The maximum atomic E-state index is 14.4. The van der Waals surface area contributed by atoms with Crippen molar-refractivity contribution in [3.8, 4) is 5.75 Å². The molecule has 176 valence electrons. The summed E-state index contributed by atoms with van der Waals surface area (Å²) in [5.74, 6) is -7.93. The normalized spacial score (nSPS) is 21.4. The van der Waals surface area contributed by atoms with E-state index in [4.69, 9.17) is 0 Å². The lowest BCUT2D eigenvalue weighted by Crippen LogP contribution is -2.52. The highest BCUT2D eigenvalue weighted by atomic mass is 19.3. The molecule has 2 amide bonds. The summed E-state index contributed by atoms with van der Waals surface area (Å²) in [5.41, 5.74) is -2.29. The quantitative estimate of drug-likeness (QED) is 0.680. The van der Waals surface area contributed by atoms with E-state index >= 15 is 0 Å². The summed E-state index contributed by atoms with van der Waals surface area (Å²) in [6, 6.07) is 0.0495. The fourth-order valence-corrected chi connectivity index (χ4v) is 4.34. The molecule has 1 aromatic heterocycles. The van der Waals surface area contributed by atoms with E-state index in [0.717, 1.165) is 23.2 Å². The molecule has 2 aliphatic heterocycles. The van der Waals surface area contributed by atoms with Crippen molar-refractivity contribution in [2.45, 2.75) is 51.2 Å². The first-order chi connectivity index (χ1) is 15.4. The van der Waals surface area contributed by atoms with Crippen molar-refractivity contribution in [3.05, 3.63) is 62.6 Å². The van der Waals surface area contributed by atoms with Crippen LogP contribution in [0, 0.1) is 18.6 Å². The topological polar surface area (TPSA) is 91.6 Å². The van der Waals surface area contributed by atoms with Gasteiger partial charge in [-0.15, -0.1) is 0 Å². The highest BCUT2D eigenvalue weighted by Gasteiger charge is 2.49. The summed E-state index contributed by atoms with van der Waals surface area (Å²) in [5, 5.41) is 12.7. The summed E-state index contributed by atoms with van der Waals surface area (Å²) in [6.07, 6.45) is 0.447. The Morgan fingerprint density at radius 2 is 1.88 bits per heavy atom. The van der Waals surface area contributed by atoms with E-state index in [1.807, 2.05) is 0 Å². The Morgan fingerprint density at radius 1 is 1.24 bits per heavy atom. The highest BCUT2D eigenvalue weighted by Crippen LogP contribution is 2.40. The summed E-state index contributed by atoms with van der Waals surface area (Å²) < 4.78 is 58.0. The van der Waals surface area contributed by atoms with Crippen LogP contribution in [-0.4, -0.2) is 44.9 Å². The molecule has 33 heavy (non-hydrogen) atoms. The van der Waals surface area contributed by atoms with Crippen LogP contribution in [0.3, 0.4) is 0 Å². The van der Waals surface area contributed by atoms with Gasteiger partial charge in [0.25, 0.3) is 17.7 Å². The second-order valence-corrected chi connectivity index (χ2v) is 8.45. The predicted octanol–water partition coefficient (Wildman–Crippen LogP) is 2.89. The zero-order valence-electron chi connectivity index (χ0n) is 17.8. The highest BCUT2D eigenvalue weighted by molar-refractivity contribution is 5.99. The molecule has 1 aromatic carbocycles. The Balaban J connectivity index is 1.69. The van der Waals surface area contributed by atoms with Gasteiger partial charge in [-0.2, -0.15) is 0 Å². The molecular formula is C22H21F4N3O4. The number of rotatable bonds is 3. The number of pyridine rings is 1. The van der Waals surface area contributed by atoms with Crippen LogP contribution in [0.2, 0.25) is 0 Å². The molecule has 2 N–H and O–H groups in total. The van der Waals surface area contributed by atoms with Crippen LogP contribution in [0.15, 0.2) is 23.1 Å². The number of hydrogen-bond donors (Lipinski definition) is 2. The molecule has 1 saturated heterocycles.